The molecule has 82 valence electrons. The number of carboxylic acids is 1. The van der Waals surface area contributed by atoms with Crippen molar-refractivity contribution in [2.45, 2.75) is 25.3 Å². The lowest BCUT2D eigenvalue weighted by Crippen LogP contribution is -2.21. The van der Waals surface area contributed by atoms with E-state index in [0.717, 1.165) is 23.9 Å². The fourth-order valence-electron chi connectivity index (χ4n) is 2.21. The zero-order chi connectivity index (χ0) is 11.1. The van der Waals surface area contributed by atoms with Crippen LogP contribution in [0.3, 0.4) is 0 Å². The van der Waals surface area contributed by atoms with Crippen LogP contribution in [-0.2, 0) is 0 Å². The molecule has 0 spiro atoms. The van der Waals surface area contributed by atoms with E-state index in [1.807, 2.05) is 28.8 Å². The predicted molar refractivity (Wildman–Crippen MR) is 59.6 cm³/mol. The number of hydrogen-bond donors (Lipinski definition) is 1. The molecule has 3 rings (SSSR count). The van der Waals surface area contributed by atoms with Crippen LogP contribution in [-0.4, -0.2) is 20.6 Å². The highest BCUT2D eigenvalue weighted by Crippen LogP contribution is 2.35. The molecule has 0 amide bonds. The summed E-state index contributed by atoms with van der Waals surface area (Å²) in [5, 5.41) is 9.15. The summed E-state index contributed by atoms with van der Waals surface area (Å²) in [5.74, 6) is -0.769. The molecule has 1 saturated carbocycles. The smallest absolute Gasteiger partial charge is 0.372 e. The number of rotatable bonds is 2. The lowest BCUT2D eigenvalue weighted by Gasteiger charge is -2.28. The number of hydrogen-bond acceptors (Lipinski definition) is 2. The van der Waals surface area contributed by atoms with Crippen molar-refractivity contribution < 1.29 is 9.90 Å². The van der Waals surface area contributed by atoms with Crippen LogP contribution in [0.2, 0.25) is 0 Å². The van der Waals surface area contributed by atoms with Crippen LogP contribution < -0.4 is 0 Å². The van der Waals surface area contributed by atoms with Gasteiger partial charge in [-0.1, -0.05) is 12.1 Å². The van der Waals surface area contributed by atoms with E-state index in [0.29, 0.717) is 6.04 Å². The molecular formula is C12H12N2O2. The summed E-state index contributed by atoms with van der Waals surface area (Å²) in [5.41, 5.74) is 1.71. The summed E-state index contributed by atoms with van der Waals surface area (Å²) < 4.78 is 1.88. The Bertz CT molecular complexity index is 555. The van der Waals surface area contributed by atoms with Crippen LogP contribution in [0.5, 0.6) is 0 Å². The molecule has 1 aromatic carbocycles. The summed E-state index contributed by atoms with van der Waals surface area (Å²) >= 11 is 0. The molecule has 2 aromatic rings. The molecule has 0 aliphatic heterocycles. The second-order valence-electron chi connectivity index (χ2n) is 4.18. The second-order valence-corrected chi connectivity index (χ2v) is 4.18. The average molecular weight is 216 g/mol. The van der Waals surface area contributed by atoms with Gasteiger partial charge in [-0.05, 0) is 31.4 Å². The highest BCUT2D eigenvalue weighted by Gasteiger charge is 2.26. The van der Waals surface area contributed by atoms with Crippen molar-refractivity contribution >= 4 is 17.0 Å². The Labute approximate surface area is 92.5 Å². The van der Waals surface area contributed by atoms with Crippen molar-refractivity contribution in [1.82, 2.24) is 9.55 Å². The number of carboxylic acid groups (broad SMARTS) is 1. The van der Waals surface area contributed by atoms with Crippen LogP contribution in [0.4, 0.5) is 0 Å². The number of fused-ring (bicyclic) bond motifs is 1. The van der Waals surface area contributed by atoms with Gasteiger partial charge in [0.25, 0.3) is 0 Å². The van der Waals surface area contributed by atoms with Gasteiger partial charge in [-0.15, -0.1) is 0 Å². The number of aromatic carboxylic acids is 1. The first-order chi connectivity index (χ1) is 7.77. The van der Waals surface area contributed by atoms with E-state index in [1.165, 1.54) is 6.42 Å². The van der Waals surface area contributed by atoms with E-state index >= 15 is 0 Å². The van der Waals surface area contributed by atoms with Gasteiger partial charge < -0.3 is 9.67 Å². The van der Waals surface area contributed by atoms with Crippen molar-refractivity contribution in [2.75, 3.05) is 0 Å². The van der Waals surface area contributed by atoms with Crippen molar-refractivity contribution in [3.63, 3.8) is 0 Å². The first-order valence-electron chi connectivity index (χ1n) is 5.47. The number of nitrogens with zero attached hydrogens (tertiary/aromatic N) is 2. The molecule has 0 saturated heterocycles. The molecule has 0 bridgehead atoms. The largest absolute Gasteiger partial charge is 0.475 e. The van der Waals surface area contributed by atoms with Gasteiger partial charge in [0.2, 0.25) is 5.82 Å². The molecule has 1 fully saturated rings. The zero-order valence-electron chi connectivity index (χ0n) is 8.76. The van der Waals surface area contributed by atoms with Crippen LogP contribution in [0.1, 0.15) is 35.9 Å². The highest BCUT2D eigenvalue weighted by atomic mass is 16.4. The molecule has 1 heterocycles. The van der Waals surface area contributed by atoms with Gasteiger partial charge in [-0.2, -0.15) is 0 Å². The molecule has 1 aliphatic carbocycles. The third kappa shape index (κ3) is 1.23. The van der Waals surface area contributed by atoms with E-state index in [2.05, 4.69) is 4.98 Å². The van der Waals surface area contributed by atoms with E-state index in [-0.39, 0.29) is 5.82 Å². The third-order valence-electron chi connectivity index (χ3n) is 3.23. The SMILES string of the molecule is O=C(O)c1nc2ccccc2n1C1CCC1. The standard InChI is InChI=1S/C12H12N2O2/c15-12(16)11-13-9-6-1-2-7-10(9)14(11)8-4-3-5-8/h1-2,6-8H,3-5H2,(H,15,16). The second kappa shape index (κ2) is 3.33. The molecule has 0 radical (unpaired) electrons. The Balaban J connectivity index is 2.26. The number of benzene rings is 1. The van der Waals surface area contributed by atoms with Gasteiger partial charge in [-0.25, -0.2) is 9.78 Å². The van der Waals surface area contributed by atoms with E-state index < -0.39 is 5.97 Å². The summed E-state index contributed by atoms with van der Waals surface area (Å²) in [7, 11) is 0. The van der Waals surface area contributed by atoms with Crippen LogP contribution in [0.15, 0.2) is 24.3 Å². The predicted octanol–water partition coefficient (Wildman–Crippen LogP) is 2.46. The molecule has 0 atom stereocenters. The Kier molecular flexibility index (Phi) is 1.96. The van der Waals surface area contributed by atoms with Crippen LogP contribution >= 0.6 is 0 Å². The summed E-state index contributed by atoms with van der Waals surface area (Å²) in [6.45, 7) is 0. The summed E-state index contributed by atoms with van der Waals surface area (Å²) in [6.07, 6.45) is 3.29. The number of carbonyl (C=O) groups is 1. The lowest BCUT2D eigenvalue weighted by molar-refractivity contribution is 0.0672. The maximum Gasteiger partial charge on any atom is 0.372 e. The van der Waals surface area contributed by atoms with E-state index in [1.54, 1.807) is 0 Å². The number of aromatic nitrogens is 2. The fraction of sp³-hybridized carbons (Fsp3) is 0.333. The molecule has 1 N–H and O–H groups in total. The van der Waals surface area contributed by atoms with E-state index in [4.69, 9.17) is 5.11 Å². The zero-order valence-corrected chi connectivity index (χ0v) is 8.76. The molecule has 1 aliphatic rings. The minimum atomic E-state index is -0.942. The van der Waals surface area contributed by atoms with Crippen molar-refractivity contribution in [3.8, 4) is 0 Å². The van der Waals surface area contributed by atoms with Gasteiger partial charge in [0.15, 0.2) is 0 Å². The van der Waals surface area contributed by atoms with Gasteiger partial charge in [0, 0.05) is 6.04 Å². The van der Waals surface area contributed by atoms with Crippen LogP contribution in [0, 0.1) is 0 Å². The van der Waals surface area contributed by atoms with Gasteiger partial charge in [0.1, 0.15) is 0 Å². The van der Waals surface area contributed by atoms with Crippen molar-refractivity contribution in [1.29, 1.82) is 0 Å². The van der Waals surface area contributed by atoms with Gasteiger partial charge in [-0.3, -0.25) is 0 Å². The molecule has 4 heteroatoms. The van der Waals surface area contributed by atoms with Crippen LogP contribution in [0.25, 0.3) is 11.0 Å². The average Bonchev–Trinajstić information content (AvgIpc) is 2.56. The first-order valence-corrected chi connectivity index (χ1v) is 5.47. The topological polar surface area (TPSA) is 55.1 Å². The third-order valence-corrected chi connectivity index (χ3v) is 3.23. The number of imidazole rings is 1. The quantitative estimate of drug-likeness (QED) is 0.838. The lowest BCUT2D eigenvalue weighted by atomic mass is 9.92. The Morgan fingerprint density at radius 1 is 1.38 bits per heavy atom. The maximum atomic E-state index is 11.2. The van der Waals surface area contributed by atoms with Gasteiger partial charge in [0.05, 0.1) is 11.0 Å². The maximum absolute atomic E-state index is 11.2. The molecule has 1 aromatic heterocycles. The highest BCUT2D eigenvalue weighted by molar-refractivity contribution is 5.90. The van der Waals surface area contributed by atoms with Gasteiger partial charge >= 0.3 is 5.97 Å². The summed E-state index contributed by atoms with van der Waals surface area (Å²) in [4.78, 5) is 15.3. The minimum Gasteiger partial charge on any atom is -0.475 e. The Hall–Kier alpha value is -1.84. The minimum absolute atomic E-state index is 0.172. The molecule has 0 unspecified atom stereocenters. The molecule has 4 nitrogen and oxygen atoms in total. The monoisotopic (exact) mass is 216 g/mol. The summed E-state index contributed by atoms with van der Waals surface area (Å²) in [6, 6.07) is 7.92. The Morgan fingerprint density at radius 3 is 2.75 bits per heavy atom. The molecular weight excluding hydrogens is 204 g/mol. The van der Waals surface area contributed by atoms with Crippen molar-refractivity contribution in [3.05, 3.63) is 30.1 Å². The normalized spacial score (nSPS) is 16.2. The van der Waals surface area contributed by atoms with Crippen molar-refractivity contribution in [2.24, 2.45) is 0 Å². The number of para-hydroxylation sites is 2. The first kappa shape index (κ1) is 9.39. The molecule has 16 heavy (non-hydrogen) atoms. The Morgan fingerprint density at radius 2 is 2.12 bits per heavy atom. The van der Waals surface area contributed by atoms with E-state index in [9.17, 15) is 4.79 Å². The fourth-order valence-corrected chi connectivity index (χ4v) is 2.21.